The van der Waals surface area contributed by atoms with Gasteiger partial charge in [-0.05, 0) is 38.5 Å². The molecule has 1 aliphatic rings. The quantitative estimate of drug-likeness (QED) is 0.906. The van der Waals surface area contributed by atoms with Crippen molar-refractivity contribution in [3.8, 4) is 11.7 Å². The summed E-state index contributed by atoms with van der Waals surface area (Å²) in [5, 5.41) is 4.06. The molecule has 0 unspecified atom stereocenters. The number of oxazole rings is 1. The number of hydrogen-bond donors (Lipinski definition) is 1. The highest BCUT2D eigenvalue weighted by molar-refractivity contribution is 5.47. The third-order valence-corrected chi connectivity index (χ3v) is 4.14. The Kier molecular flexibility index (Phi) is 3.12. The van der Waals surface area contributed by atoms with Crippen LogP contribution in [0.5, 0.6) is 0 Å². The van der Waals surface area contributed by atoms with E-state index in [1.165, 1.54) is 0 Å². The first-order valence-corrected chi connectivity index (χ1v) is 7.05. The van der Waals surface area contributed by atoms with Gasteiger partial charge in [-0.3, -0.25) is 0 Å². The van der Waals surface area contributed by atoms with Crippen LogP contribution in [0.3, 0.4) is 0 Å². The van der Waals surface area contributed by atoms with Crippen molar-refractivity contribution in [2.75, 3.05) is 0 Å². The number of aromatic nitrogens is 3. The van der Waals surface area contributed by atoms with Crippen LogP contribution in [0, 0.1) is 19.8 Å². The Morgan fingerprint density at radius 3 is 2.50 bits per heavy atom. The summed E-state index contributed by atoms with van der Waals surface area (Å²) in [5.41, 5.74) is 6.72. The summed E-state index contributed by atoms with van der Waals surface area (Å²) in [5.74, 6) is 2.78. The predicted molar refractivity (Wildman–Crippen MR) is 72.8 cm³/mol. The van der Waals surface area contributed by atoms with Gasteiger partial charge in [-0.2, -0.15) is 4.98 Å². The van der Waals surface area contributed by atoms with Gasteiger partial charge >= 0.3 is 0 Å². The van der Waals surface area contributed by atoms with Gasteiger partial charge in [0, 0.05) is 6.92 Å². The fraction of sp³-hybridized carbons (Fsp3) is 0.643. The molecule has 0 saturated heterocycles. The number of hydrogen-bond acceptors (Lipinski definition) is 6. The molecule has 6 heteroatoms. The minimum Gasteiger partial charge on any atom is -0.436 e. The van der Waals surface area contributed by atoms with Crippen LogP contribution in [0.25, 0.3) is 11.7 Å². The zero-order valence-corrected chi connectivity index (χ0v) is 12.1. The molecule has 2 aromatic rings. The van der Waals surface area contributed by atoms with Gasteiger partial charge in [0.05, 0.1) is 11.2 Å². The molecule has 2 aromatic heterocycles. The van der Waals surface area contributed by atoms with Crippen LogP contribution in [0.2, 0.25) is 0 Å². The number of nitrogens with two attached hydrogens (primary N) is 1. The average molecular weight is 276 g/mol. The van der Waals surface area contributed by atoms with E-state index in [-0.39, 0.29) is 0 Å². The fourth-order valence-electron chi connectivity index (χ4n) is 2.75. The van der Waals surface area contributed by atoms with Crippen molar-refractivity contribution in [1.82, 2.24) is 15.1 Å². The third-order valence-electron chi connectivity index (χ3n) is 4.14. The normalized spacial score (nSPS) is 26.9. The molecule has 20 heavy (non-hydrogen) atoms. The summed E-state index contributed by atoms with van der Waals surface area (Å²) in [6, 6.07) is 0. The van der Waals surface area contributed by atoms with E-state index in [0.717, 1.165) is 37.3 Å². The Morgan fingerprint density at radius 1 is 1.20 bits per heavy atom. The second kappa shape index (κ2) is 4.70. The lowest BCUT2D eigenvalue weighted by molar-refractivity contribution is 0.230. The van der Waals surface area contributed by atoms with Crippen LogP contribution in [-0.2, 0) is 5.54 Å². The maximum atomic E-state index is 6.45. The van der Waals surface area contributed by atoms with Crippen molar-refractivity contribution in [2.45, 2.75) is 52.0 Å². The molecule has 0 spiro atoms. The van der Waals surface area contributed by atoms with E-state index in [0.29, 0.717) is 23.4 Å². The lowest BCUT2D eigenvalue weighted by Gasteiger charge is -2.33. The van der Waals surface area contributed by atoms with Crippen LogP contribution in [-0.4, -0.2) is 15.1 Å². The molecule has 6 nitrogen and oxygen atoms in total. The van der Waals surface area contributed by atoms with Crippen LogP contribution in [0.1, 0.15) is 50.0 Å². The molecular formula is C14H20N4O2. The zero-order valence-electron chi connectivity index (χ0n) is 12.1. The van der Waals surface area contributed by atoms with E-state index < -0.39 is 5.54 Å². The van der Waals surface area contributed by atoms with Gasteiger partial charge in [-0.15, -0.1) is 0 Å². The van der Waals surface area contributed by atoms with Gasteiger partial charge in [-0.1, -0.05) is 12.1 Å². The molecule has 0 atom stereocenters. The highest BCUT2D eigenvalue weighted by atomic mass is 16.5. The molecule has 0 radical (unpaired) electrons. The minimum absolute atomic E-state index is 0.363. The summed E-state index contributed by atoms with van der Waals surface area (Å²) in [4.78, 5) is 8.65. The fourth-order valence-corrected chi connectivity index (χ4v) is 2.75. The first-order chi connectivity index (χ1) is 9.48. The SMILES string of the molecule is Cc1nc(C)c(-c2nc(C3(N)CCC(C)CC3)no2)o1. The van der Waals surface area contributed by atoms with Crippen molar-refractivity contribution in [3.63, 3.8) is 0 Å². The second-order valence-corrected chi connectivity index (χ2v) is 5.91. The molecule has 0 aliphatic heterocycles. The van der Waals surface area contributed by atoms with E-state index in [1.807, 2.05) is 6.92 Å². The highest BCUT2D eigenvalue weighted by Crippen LogP contribution is 2.36. The molecule has 108 valence electrons. The third kappa shape index (κ3) is 2.24. The van der Waals surface area contributed by atoms with Crippen molar-refractivity contribution in [2.24, 2.45) is 11.7 Å². The zero-order chi connectivity index (χ0) is 14.3. The molecule has 2 heterocycles. The van der Waals surface area contributed by atoms with Gasteiger partial charge in [0.2, 0.25) is 5.76 Å². The number of nitrogens with zero attached hydrogens (tertiary/aromatic N) is 3. The molecule has 1 fully saturated rings. The Balaban J connectivity index is 1.89. The standard InChI is InChI=1S/C14H20N4O2/c1-8-4-6-14(15,7-5-8)13-17-12(20-18-13)11-9(2)16-10(3)19-11/h8H,4-7,15H2,1-3H3. The molecular weight excluding hydrogens is 256 g/mol. The second-order valence-electron chi connectivity index (χ2n) is 5.91. The van der Waals surface area contributed by atoms with Gasteiger partial charge in [0.15, 0.2) is 11.7 Å². The minimum atomic E-state index is -0.475. The Morgan fingerprint density at radius 2 is 1.90 bits per heavy atom. The van der Waals surface area contributed by atoms with Crippen LogP contribution in [0.15, 0.2) is 8.94 Å². The van der Waals surface area contributed by atoms with Gasteiger partial charge in [0.25, 0.3) is 5.89 Å². The van der Waals surface area contributed by atoms with E-state index in [1.54, 1.807) is 6.92 Å². The largest absolute Gasteiger partial charge is 0.436 e. The van der Waals surface area contributed by atoms with Crippen molar-refractivity contribution < 1.29 is 8.94 Å². The Bertz CT molecular complexity index is 608. The highest BCUT2D eigenvalue weighted by Gasteiger charge is 2.36. The van der Waals surface area contributed by atoms with Crippen LogP contribution in [0.4, 0.5) is 0 Å². The van der Waals surface area contributed by atoms with E-state index >= 15 is 0 Å². The molecule has 0 amide bonds. The van der Waals surface area contributed by atoms with Crippen molar-refractivity contribution in [3.05, 3.63) is 17.4 Å². The molecule has 0 aromatic carbocycles. The summed E-state index contributed by atoms with van der Waals surface area (Å²) < 4.78 is 10.8. The smallest absolute Gasteiger partial charge is 0.295 e. The molecule has 2 N–H and O–H groups in total. The van der Waals surface area contributed by atoms with Gasteiger partial charge < -0.3 is 14.7 Å². The van der Waals surface area contributed by atoms with E-state index in [2.05, 4.69) is 22.0 Å². The molecule has 0 bridgehead atoms. The molecule has 1 saturated carbocycles. The van der Waals surface area contributed by atoms with Gasteiger partial charge in [-0.25, -0.2) is 4.98 Å². The van der Waals surface area contributed by atoms with Crippen LogP contribution >= 0.6 is 0 Å². The lowest BCUT2D eigenvalue weighted by Crippen LogP contribution is -2.41. The van der Waals surface area contributed by atoms with Crippen molar-refractivity contribution in [1.29, 1.82) is 0 Å². The van der Waals surface area contributed by atoms with E-state index in [9.17, 15) is 0 Å². The predicted octanol–water partition coefficient (Wildman–Crippen LogP) is 2.71. The Hall–Kier alpha value is -1.69. The summed E-state index contributed by atoms with van der Waals surface area (Å²) in [7, 11) is 0. The molecule has 3 rings (SSSR count). The number of aryl methyl sites for hydroxylation is 2. The summed E-state index contributed by atoms with van der Waals surface area (Å²) in [6.07, 6.45) is 3.98. The average Bonchev–Trinajstić information content (AvgIpc) is 3.00. The first kappa shape index (κ1) is 13.3. The molecule has 1 aliphatic carbocycles. The lowest BCUT2D eigenvalue weighted by atomic mass is 9.77. The summed E-state index contributed by atoms with van der Waals surface area (Å²) in [6.45, 7) is 5.90. The maximum Gasteiger partial charge on any atom is 0.295 e. The van der Waals surface area contributed by atoms with Gasteiger partial charge in [0.1, 0.15) is 0 Å². The Labute approximate surface area is 117 Å². The maximum absolute atomic E-state index is 6.45. The van der Waals surface area contributed by atoms with Crippen LogP contribution < -0.4 is 5.73 Å². The number of rotatable bonds is 2. The summed E-state index contributed by atoms with van der Waals surface area (Å²) >= 11 is 0. The van der Waals surface area contributed by atoms with E-state index in [4.69, 9.17) is 14.7 Å². The monoisotopic (exact) mass is 276 g/mol. The van der Waals surface area contributed by atoms with Crippen molar-refractivity contribution >= 4 is 0 Å². The first-order valence-electron chi connectivity index (χ1n) is 7.05. The topological polar surface area (TPSA) is 91.0 Å².